The van der Waals surface area contributed by atoms with Gasteiger partial charge in [-0.25, -0.2) is 0 Å². The van der Waals surface area contributed by atoms with E-state index >= 15 is 0 Å². The van der Waals surface area contributed by atoms with E-state index in [1.165, 1.54) is 0 Å². The minimum absolute atomic E-state index is 0.0454. The van der Waals surface area contributed by atoms with E-state index in [0.717, 1.165) is 43.8 Å². The lowest BCUT2D eigenvalue weighted by Crippen LogP contribution is -1.91. The van der Waals surface area contributed by atoms with Crippen LogP contribution in [0.5, 0.6) is 0 Å². The first-order valence-corrected chi connectivity index (χ1v) is 14.5. The molecule has 0 fully saturated rings. The van der Waals surface area contributed by atoms with Gasteiger partial charge in [0.15, 0.2) is 0 Å². The molecule has 1 heterocycles. The Bertz CT molecular complexity index is 3070. The van der Waals surface area contributed by atoms with Gasteiger partial charge >= 0.3 is 0 Å². The van der Waals surface area contributed by atoms with Crippen molar-refractivity contribution >= 4 is 43.5 Å². The molecule has 0 N–H and O–H groups in total. The Morgan fingerprint density at radius 3 is 1.51 bits per heavy atom. The average molecular weight is 584 g/mol. The van der Waals surface area contributed by atoms with E-state index in [2.05, 4.69) is 30.3 Å². The summed E-state index contributed by atoms with van der Waals surface area (Å²) in [6.07, 6.45) is 0. The van der Waals surface area contributed by atoms with Crippen LogP contribution in [0.25, 0.3) is 88.0 Å². The Morgan fingerprint density at radius 2 is 0.867 bits per heavy atom. The van der Waals surface area contributed by atoms with Gasteiger partial charge in [0.1, 0.15) is 11.2 Å². The molecule has 210 valence electrons. The van der Waals surface area contributed by atoms with Crippen LogP contribution in [-0.2, 0) is 0 Å². The molecule has 1 nitrogen and oxygen atoms in total. The number of hydrogen-bond donors (Lipinski definition) is 0. The van der Waals surface area contributed by atoms with Gasteiger partial charge < -0.3 is 4.42 Å². The first-order valence-electron chi connectivity index (χ1n) is 20.0. The third kappa shape index (κ3) is 4.24. The van der Waals surface area contributed by atoms with Crippen molar-refractivity contribution in [2.75, 3.05) is 0 Å². The summed E-state index contributed by atoms with van der Waals surface area (Å²) in [6, 6.07) is 28.0. The van der Waals surface area contributed by atoms with Crippen molar-refractivity contribution in [3.05, 3.63) is 170 Å². The van der Waals surface area contributed by atoms with Crippen LogP contribution in [-0.4, -0.2) is 0 Å². The predicted octanol–water partition coefficient (Wildman–Crippen LogP) is 12.6. The fourth-order valence-corrected chi connectivity index (χ4v) is 6.22. The molecule has 0 aliphatic carbocycles. The molecule has 0 spiro atoms. The van der Waals surface area contributed by atoms with Gasteiger partial charge in [0.2, 0.25) is 0 Å². The van der Waals surface area contributed by atoms with Crippen molar-refractivity contribution in [3.63, 3.8) is 0 Å². The first kappa shape index (κ1) is 16.8. The normalized spacial score (nSPS) is 15.0. The van der Waals surface area contributed by atoms with Gasteiger partial charge in [-0.2, -0.15) is 0 Å². The van der Waals surface area contributed by atoms with Gasteiger partial charge in [-0.1, -0.05) is 139 Å². The Labute approximate surface area is 277 Å². The van der Waals surface area contributed by atoms with E-state index in [0.29, 0.717) is 5.56 Å². The molecule has 0 bridgehead atoms. The number of rotatable bonds is 4. The summed E-state index contributed by atoms with van der Waals surface area (Å²) in [5.74, 6) is 0. The Balaban J connectivity index is 1.40. The highest BCUT2D eigenvalue weighted by atomic mass is 16.3. The second-order valence-electron chi connectivity index (χ2n) is 10.8. The summed E-state index contributed by atoms with van der Waals surface area (Å²) < 4.78 is 103. The SMILES string of the molecule is [2H]c1c([2H])c([2H])c(-c2c([2H])c([2H])c3oc4c([2H])c([2H])c(-c5c6ccccc6c(-c6cccc(-c7ccccc7)c6)c6ccccc56)c([2H])c4c3c2[2H])c([2H])c1[2H]. The zero-order chi connectivity index (χ0) is 39.3. The molecule has 0 unspecified atom stereocenters. The Morgan fingerprint density at radius 1 is 0.356 bits per heavy atom. The number of hydrogen-bond acceptors (Lipinski definition) is 1. The van der Waals surface area contributed by atoms with E-state index in [1.54, 1.807) is 0 Å². The second-order valence-corrected chi connectivity index (χ2v) is 10.8. The number of fused-ring (bicyclic) bond motifs is 5. The van der Waals surface area contributed by atoms with Crippen molar-refractivity contribution in [2.45, 2.75) is 0 Å². The summed E-state index contributed by atoms with van der Waals surface area (Å²) in [5.41, 5.74) is 3.36. The molecule has 9 aromatic rings. The lowest BCUT2D eigenvalue weighted by molar-refractivity contribution is 0.669. The topological polar surface area (TPSA) is 13.1 Å². The van der Waals surface area contributed by atoms with Gasteiger partial charge in [-0.15, -0.1) is 0 Å². The molecule has 0 amide bonds. The number of benzene rings is 8. The van der Waals surface area contributed by atoms with Gasteiger partial charge in [0, 0.05) is 10.8 Å². The molecule has 8 aromatic carbocycles. The van der Waals surface area contributed by atoms with E-state index in [-0.39, 0.29) is 51.2 Å². The predicted molar refractivity (Wildman–Crippen MR) is 190 cm³/mol. The molecular weight excluding hydrogens is 544 g/mol. The molecule has 0 radical (unpaired) electrons. The summed E-state index contributed by atoms with van der Waals surface area (Å²) in [5, 5.41) is 2.99. The lowest BCUT2D eigenvalue weighted by atomic mass is 9.85. The number of furan rings is 1. The van der Waals surface area contributed by atoms with Crippen LogP contribution in [0.2, 0.25) is 0 Å². The molecule has 1 aromatic heterocycles. The maximum atomic E-state index is 9.77. The second kappa shape index (κ2) is 10.4. The highest BCUT2D eigenvalue weighted by Crippen LogP contribution is 2.45. The molecule has 1 heteroatoms. The summed E-state index contributed by atoms with van der Waals surface area (Å²) in [6.45, 7) is 0. The smallest absolute Gasteiger partial charge is 0.135 e. The largest absolute Gasteiger partial charge is 0.456 e. The molecule has 0 aliphatic rings. The van der Waals surface area contributed by atoms with E-state index in [4.69, 9.17) is 14.0 Å². The van der Waals surface area contributed by atoms with Crippen molar-refractivity contribution in [3.8, 4) is 44.5 Å². The minimum atomic E-state index is -0.659. The van der Waals surface area contributed by atoms with Gasteiger partial charge in [-0.3, -0.25) is 0 Å². The minimum Gasteiger partial charge on any atom is -0.456 e. The highest BCUT2D eigenvalue weighted by Gasteiger charge is 2.18. The zero-order valence-electron chi connectivity index (χ0n) is 34.7. The van der Waals surface area contributed by atoms with E-state index < -0.39 is 53.9 Å². The molecule has 9 rings (SSSR count). The maximum Gasteiger partial charge on any atom is 0.135 e. The van der Waals surface area contributed by atoms with Crippen LogP contribution in [0.4, 0.5) is 0 Å². The van der Waals surface area contributed by atoms with Crippen molar-refractivity contribution in [1.82, 2.24) is 0 Å². The van der Waals surface area contributed by atoms with Crippen LogP contribution < -0.4 is 0 Å². The van der Waals surface area contributed by atoms with Crippen LogP contribution >= 0.6 is 0 Å². The monoisotopic (exact) mass is 583 g/mol. The molecule has 0 aliphatic heterocycles. The van der Waals surface area contributed by atoms with Gasteiger partial charge in [-0.05, 0) is 96.3 Å². The standard InChI is InChI=1S/C44H28O/c1-3-12-29(13-4-1)31-16-11-17-33(26-31)43-35-18-7-9-20-37(35)44(38-21-10-8-19-36(38)43)34-23-25-42-40(28-34)39-27-32(22-24-41(39)45-42)30-14-5-2-6-15-30/h1-28H/i2D,5D,6D,14D,15D,22D,23D,24D,25D,27D,28D. The Hall–Kier alpha value is -5.92. The fraction of sp³-hybridized carbons (Fsp3) is 0. The Kier molecular flexibility index (Phi) is 3.87. The van der Waals surface area contributed by atoms with Gasteiger partial charge in [0.05, 0.1) is 15.1 Å². The van der Waals surface area contributed by atoms with Crippen LogP contribution in [0.15, 0.2) is 174 Å². The van der Waals surface area contributed by atoms with Crippen molar-refractivity contribution in [2.24, 2.45) is 0 Å². The maximum absolute atomic E-state index is 9.77. The van der Waals surface area contributed by atoms with E-state index in [1.807, 2.05) is 72.8 Å². The molecular formula is C44H28O. The summed E-state index contributed by atoms with van der Waals surface area (Å²) >= 11 is 0. The molecule has 0 saturated heterocycles. The van der Waals surface area contributed by atoms with Crippen LogP contribution in [0.3, 0.4) is 0 Å². The lowest BCUT2D eigenvalue weighted by Gasteiger charge is -2.18. The van der Waals surface area contributed by atoms with Gasteiger partial charge in [0.25, 0.3) is 0 Å². The average Bonchev–Trinajstić information content (AvgIpc) is 3.64. The molecule has 45 heavy (non-hydrogen) atoms. The third-order valence-electron chi connectivity index (χ3n) is 8.20. The van der Waals surface area contributed by atoms with Crippen molar-refractivity contribution in [1.29, 1.82) is 0 Å². The first-order chi connectivity index (χ1) is 26.9. The summed E-state index contributed by atoms with van der Waals surface area (Å²) in [4.78, 5) is 0. The fourth-order valence-electron chi connectivity index (χ4n) is 6.22. The van der Waals surface area contributed by atoms with E-state index in [9.17, 15) is 5.48 Å². The highest BCUT2D eigenvalue weighted by molar-refractivity contribution is 6.22. The third-order valence-corrected chi connectivity index (χ3v) is 8.20. The van der Waals surface area contributed by atoms with Crippen molar-refractivity contribution < 1.29 is 19.5 Å². The summed E-state index contributed by atoms with van der Waals surface area (Å²) in [7, 11) is 0. The zero-order valence-corrected chi connectivity index (χ0v) is 23.7. The van der Waals surface area contributed by atoms with Crippen LogP contribution in [0.1, 0.15) is 15.1 Å². The molecule has 0 saturated carbocycles. The molecule has 0 atom stereocenters. The van der Waals surface area contributed by atoms with Crippen LogP contribution in [0, 0.1) is 0 Å². The quantitative estimate of drug-likeness (QED) is 0.188.